The van der Waals surface area contributed by atoms with Gasteiger partial charge in [-0.2, -0.15) is 0 Å². The highest BCUT2D eigenvalue weighted by atomic mass is 16.6. The molecule has 1 aromatic heterocycles. The number of benzene rings is 2. The molecular weight excluding hydrogens is 380 g/mol. The van der Waals surface area contributed by atoms with Crippen LogP contribution in [0.4, 0.5) is 5.69 Å². The van der Waals surface area contributed by atoms with Crippen LogP contribution in [0.25, 0.3) is 10.9 Å². The predicted molar refractivity (Wildman–Crippen MR) is 118 cm³/mol. The van der Waals surface area contributed by atoms with Crippen molar-refractivity contribution in [2.45, 2.75) is 19.8 Å². The number of anilines is 1. The van der Waals surface area contributed by atoms with Gasteiger partial charge in [-0.3, -0.25) is 9.59 Å². The summed E-state index contributed by atoms with van der Waals surface area (Å²) in [5.41, 5.74) is 3.67. The van der Waals surface area contributed by atoms with Crippen molar-refractivity contribution in [2.24, 2.45) is 5.92 Å². The highest BCUT2D eigenvalue weighted by Crippen LogP contribution is 2.38. The monoisotopic (exact) mass is 408 g/mol. The lowest BCUT2D eigenvalue weighted by Crippen LogP contribution is -2.34. The van der Waals surface area contributed by atoms with Gasteiger partial charge in [-0.05, 0) is 43.2 Å². The minimum absolute atomic E-state index is 0.189. The Morgan fingerprint density at radius 3 is 2.10 bits per heavy atom. The van der Waals surface area contributed by atoms with Crippen molar-refractivity contribution < 1.29 is 19.1 Å². The molecule has 0 bridgehead atoms. The molecular formula is C24H28N2O4. The molecule has 0 saturated carbocycles. The van der Waals surface area contributed by atoms with Crippen LogP contribution < -0.4 is 4.90 Å². The fraction of sp³-hybridized carbons (Fsp3) is 0.333. The van der Waals surface area contributed by atoms with E-state index in [0.29, 0.717) is 0 Å². The van der Waals surface area contributed by atoms with E-state index in [1.807, 2.05) is 73.7 Å². The van der Waals surface area contributed by atoms with Crippen LogP contribution in [-0.4, -0.2) is 44.2 Å². The van der Waals surface area contributed by atoms with Gasteiger partial charge in [0, 0.05) is 42.8 Å². The zero-order chi connectivity index (χ0) is 21.7. The van der Waals surface area contributed by atoms with Gasteiger partial charge in [-0.15, -0.1) is 0 Å². The van der Waals surface area contributed by atoms with Crippen molar-refractivity contribution in [3.63, 3.8) is 0 Å². The van der Waals surface area contributed by atoms with Crippen LogP contribution in [0.1, 0.15) is 30.9 Å². The van der Waals surface area contributed by atoms with E-state index in [1.54, 1.807) is 13.8 Å². The van der Waals surface area contributed by atoms with Gasteiger partial charge in [0.1, 0.15) is 0 Å². The summed E-state index contributed by atoms with van der Waals surface area (Å²) in [6.07, 6.45) is 1.86. The highest BCUT2D eigenvalue weighted by Gasteiger charge is 2.40. The first-order valence-corrected chi connectivity index (χ1v) is 10.1. The average molecular weight is 408 g/mol. The van der Waals surface area contributed by atoms with E-state index < -0.39 is 23.8 Å². The largest absolute Gasteiger partial charge is 0.465 e. The summed E-state index contributed by atoms with van der Waals surface area (Å²) in [5, 5.41) is 0.956. The molecule has 0 radical (unpaired) electrons. The number of nitrogens with one attached hydrogen (secondary N) is 1. The van der Waals surface area contributed by atoms with Crippen molar-refractivity contribution >= 4 is 28.5 Å². The van der Waals surface area contributed by atoms with Crippen LogP contribution in [0.15, 0.2) is 54.7 Å². The fourth-order valence-corrected chi connectivity index (χ4v) is 3.72. The summed E-state index contributed by atoms with van der Waals surface area (Å²) in [6.45, 7) is 3.84. The molecule has 1 atom stereocenters. The molecule has 0 spiro atoms. The number of ether oxygens (including phenoxy) is 2. The third-order valence-corrected chi connectivity index (χ3v) is 5.14. The maximum Gasteiger partial charge on any atom is 0.321 e. The number of hydrogen-bond donors (Lipinski definition) is 1. The third-order valence-electron chi connectivity index (χ3n) is 5.14. The van der Waals surface area contributed by atoms with Gasteiger partial charge in [0.25, 0.3) is 0 Å². The smallest absolute Gasteiger partial charge is 0.321 e. The van der Waals surface area contributed by atoms with E-state index in [-0.39, 0.29) is 13.2 Å². The SMILES string of the molecule is CCOC(=O)C(C(=O)OCC)[C@@H](c1ccc(N(C)C)cc1)c1c[nH]c2ccccc12. The number of rotatable bonds is 8. The minimum atomic E-state index is -1.10. The molecule has 1 N–H and O–H groups in total. The van der Waals surface area contributed by atoms with Gasteiger partial charge in [0.2, 0.25) is 0 Å². The van der Waals surface area contributed by atoms with E-state index in [9.17, 15) is 9.59 Å². The number of para-hydroxylation sites is 1. The molecule has 0 saturated heterocycles. The second-order valence-electron chi connectivity index (χ2n) is 7.23. The zero-order valence-electron chi connectivity index (χ0n) is 17.8. The second kappa shape index (κ2) is 9.48. The van der Waals surface area contributed by atoms with E-state index >= 15 is 0 Å². The Kier molecular flexibility index (Phi) is 6.77. The van der Waals surface area contributed by atoms with Crippen LogP contribution in [0.2, 0.25) is 0 Å². The molecule has 0 unspecified atom stereocenters. The Labute approximate surface area is 176 Å². The summed E-state index contributed by atoms with van der Waals surface area (Å²) in [4.78, 5) is 31.1. The number of H-pyrrole nitrogens is 1. The van der Waals surface area contributed by atoms with E-state index in [1.165, 1.54) is 0 Å². The molecule has 0 aliphatic carbocycles. The molecule has 6 heteroatoms. The van der Waals surface area contributed by atoms with E-state index in [2.05, 4.69) is 4.98 Å². The van der Waals surface area contributed by atoms with Crippen LogP contribution in [0.5, 0.6) is 0 Å². The number of nitrogens with zero attached hydrogens (tertiary/aromatic N) is 1. The normalized spacial score (nSPS) is 12.0. The summed E-state index contributed by atoms with van der Waals surface area (Å²) in [7, 11) is 3.93. The quantitative estimate of drug-likeness (QED) is 0.449. The number of aromatic amines is 1. The predicted octanol–water partition coefficient (Wildman–Crippen LogP) is 4.11. The standard InChI is InChI=1S/C24H28N2O4/c1-5-29-23(27)22(24(28)30-6-2)21(16-11-13-17(14-12-16)26(3)4)19-15-25-20-10-8-7-9-18(19)20/h7-15,21-22,25H,5-6H2,1-4H3/t21-/m0/s1. The van der Waals surface area contributed by atoms with Crippen molar-refractivity contribution in [1.82, 2.24) is 4.98 Å². The molecule has 6 nitrogen and oxygen atoms in total. The summed E-state index contributed by atoms with van der Waals surface area (Å²) >= 11 is 0. The second-order valence-corrected chi connectivity index (χ2v) is 7.23. The number of fused-ring (bicyclic) bond motifs is 1. The first-order chi connectivity index (χ1) is 14.5. The van der Waals surface area contributed by atoms with Gasteiger partial charge < -0.3 is 19.4 Å². The number of hydrogen-bond acceptors (Lipinski definition) is 5. The van der Waals surface area contributed by atoms with Crippen LogP contribution in [0, 0.1) is 5.92 Å². The Morgan fingerprint density at radius 2 is 1.53 bits per heavy atom. The van der Waals surface area contributed by atoms with Crippen molar-refractivity contribution in [3.8, 4) is 0 Å². The summed E-state index contributed by atoms with van der Waals surface area (Å²) in [6, 6.07) is 15.7. The molecule has 1 heterocycles. The maximum atomic E-state index is 12.9. The van der Waals surface area contributed by atoms with Crippen LogP contribution >= 0.6 is 0 Å². The molecule has 0 amide bonds. The third kappa shape index (κ3) is 4.32. The minimum Gasteiger partial charge on any atom is -0.465 e. The van der Waals surface area contributed by atoms with Crippen LogP contribution in [-0.2, 0) is 19.1 Å². The van der Waals surface area contributed by atoms with Gasteiger partial charge in [-0.25, -0.2) is 0 Å². The number of carbonyl (C=O) groups excluding carboxylic acids is 2. The van der Waals surface area contributed by atoms with Crippen molar-refractivity contribution in [3.05, 3.63) is 65.9 Å². The molecule has 0 fully saturated rings. The topological polar surface area (TPSA) is 71.6 Å². The molecule has 3 aromatic rings. The van der Waals surface area contributed by atoms with Crippen molar-refractivity contribution in [2.75, 3.05) is 32.2 Å². The summed E-state index contributed by atoms with van der Waals surface area (Å²) < 4.78 is 10.6. The van der Waals surface area contributed by atoms with Gasteiger partial charge >= 0.3 is 11.9 Å². The lowest BCUT2D eigenvalue weighted by molar-refractivity contribution is -0.162. The summed E-state index contributed by atoms with van der Waals surface area (Å²) in [5.74, 6) is -2.81. The van der Waals surface area contributed by atoms with E-state index in [4.69, 9.17) is 9.47 Å². The lowest BCUT2D eigenvalue weighted by Gasteiger charge is -2.25. The molecule has 158 valence electrons. The van der Waals surface area contributed by atoms with Crippen molar-refractivity contribution in [1.29, 1.82) is 0 Å². The maximum absolute atomic E-state index is 12.9. The average Bonchev–Trinajstić information content (AvgIpc) is 3.16. The first-order valence-electron chi connectivity index (χ1n) is 10.1. The van der Waals surface area contributed by atoms with Gasteiger partial charge in [-0.1, -0.05) is 30.3 Å². The van der Waals surface area contributed by atoms with E-state index in [0.717, 1.165) is 27.7 Å². The lowest BCUT2D eigenvalue weighted by atomic mass is 9.80. The van der Waals surface area contributed by atoms with Crippen LogP contribution in [0.3, 0.4) is 0 Å². The first kappa shape index (κ1) is 21.4. The number of aromatic nitrogens is 1. The molecule has 30 heavy (non-hydrogen) atoms. The Hall–Kier alpha value is -3.28. The number of carbonyl (C=O) groups is 2. The Balaban J connectivity index is 2.18. The molecule has 2 aromatic carbocycles. The highest BCUT2D eigenvalue weighted by molar-refractivity contribution is 5.98. The number of esters is 2. The molecule has 0 aliphatic heterocycles. The molecule has 0 aliphatic rings. The Bertz CT molecular complexity index is 989. The molecule has 3 rings (SSSR count). The zero-order valence-corrected chi connectivity index (χ0v) is 17.8. The van der Waals surface area contributed by atoms with Gasteiger partial charge in [0.15, 0.2) is 5.92 Å². The van der Waals surface area contributed by atoms with Gasteiger partial charge in [0.05, 0.1) is 13.2 Å². The fourth-order valence-electron chi connectivity index (χ4n) is 3.72. The Morgan fingerprint density at radius 1 is 0.933 bits per heavy atom.